The molecule has 0 aliphatic rings. The van der Waals surface area contributed by atoms with Gasteiger partial charge >= 0.3 is 0 Å². The average Bonchev–Trinajstić information content (AvgIpc) is 2.54. The number of carbonyl (C=O) groups is 4. The number of pyridine rings is 1. The van der Waals surface area contributed by atoms with Gasteiger partial charge in [0.15, 0.2) is 12.1 Å². The SMILES string of the molecule is NC(=O)c1c(CC(=O)C=O)ccnc1NC(=O)c1cccc(F)c1. The zero-order chi connectivity index (χ0) is 17.7. The van der Waals surface area contributed by atoms with E-state index >= 15 is 0 Å². The van der Waals surface area contributed by atoms with E-state index in [1.165, 1.54) is 30.5 Å². The second-order valence-electron chi connectivity index (χ2n) is 4.78. The molecule has 0 radical (unpaired) electrons. The maximum atomic E-state index is 13.2. The fourth-order valence-corrected chi connectivity index (χ4v) is 2.06. The van der Waals surface area contributed by atoms with Crippen molar-refractivity contribution in [3.05, 3.63) is 59.0 Å². The van der Waals surface area contributed by atoms with E-state index in [4.69, 9.17) is 5.73 Å². The van der Waals surface area contributed by atoms with Gasteiger partial charge in [-0.1, -0.05) is 6.07 Å². The smallest absolute Gasteiger partial charge is 0.256 e. The minimum absolute atomic E-state index is 0.0154. The van der Waals surface area contributed by atoms with Crippen LogP contribution in [0.25, 0.3) is 0 Å². The zero-order valence-corrected chi connectivity index (χ0v) is 12.3. The first-order valence-electron chi connectivity index (χ1n) is 6.75. The molecule has 0 fully saturated rings. The van der Waals surface area contributed by atoms with Crippen LogP contribution in [0.15, 0.2) is 36.5 Å². The average molecular weight is 329 g/mol. The molecule has 0 atom stereocenters. The number of ketones is 1. The third-order valence-electron chi connectivity index (χ3n) is 3.10. The fourth-order valence-electron chi connectivity index (χ4n) is 2.06. The van der Waals surface area contributed by atoms with Gasteiger partial charge in [-0.3, -0.25) is 19.2 Å². The number of primary amides is 1. The molecule has 2 amide bonds. The van der Waals surface area contributed by atoms with Crippen molar-refractivity contribution in [2.24, 2.45) is 5.73 Å². The number of nitrogens with two attached hydrogens (primary N) is 1. The minimum Gasteiger partial charge on any atom is -0.365 e. The number of benzene rings is 1. The molecule has 2 rings (SSSR count). The maximum absolute atomic E-state index is 13.2. The van der Waals surface area contributed by atoms with E-state index in [9.17, 15) is 23.6 Å². The number of halogens is 1. The van der Waals surface area contributed by atoms with Gasteiger partial charge in [-0.05, 0) is 29.8 Å². The number of hydrogen-bond acceptors (Lipinski definition) is 5. The molecular weight excluding hydrogens is 317 g/mol. The number of nitrogens with zero attached hydrogens (tertiary/aromatic N) is 1. The number of aromatic nitrogens is 1. The second kappa shape index (κ2) is 7.23. The highest BCUT2D eigenvalue weighted by atomic mass is 19.1. The summed E-state index contributed by atoms with van der Waals surface area (Å²) in [7, 11) is 0. The Bertz CT molecular complexity index is 836. The highest BCUT2D eigenvalue weighted by Crippen LogP contribution is 2.19. The summed E-state index contributed by atoms with van der Waals surface area (Å²) < 4.78 is 13.2. The van der Waals surface area contributed by atoms with Crippen molar-refractivity contribution in [3.63, 3.8) is 0 Å². The van der Waals surface area contributed by atoms with E-state index < -0.39 is 23.4 Å². The molecule has 1 aromatic heterocycles. The number of hydrogen-bond donors (Lipinski definition) is 2. The molecule has 1 aromatic carbocycles. The molecule has 24 heavy (non-hydrogen) atoms. The van der Waals surface area contributed by atoms with Gasteiger partial charge in [0.25, 0.3) is 11.8 Å². The van der Waals surface area contributed by atoms with Crippen LogP contribution in [0.1, 0.15) is 26.3 Å². The molecule has 1 heterocycles. The van der Waals surface area contributed by atoms with E-state index in [0.29, 0.717) is 0 Å². The van der Waals surface area contributed by atoms with E-state index in [0.717, 1.165) is 6.07 Å². The Morgan fingerprint density at radius 1 is 1.25 bits per heavy atom. The second-order valence-corrected chi connectivity index (χ2v) is 4.78. The lowest BCUT2D eigenvalue weighted by Crippen LogP contribution is -2.22. The molecule has 7 nitrogen and oxygen atoms in total. The lowest BCUT2D eigenvalue weighted by atomic mass is 10.0. The van der Waals surface area contributed by atoms with Gasteiger partial charge in [-0.2, -0.15) is 0 Å². The summed E-state index contributed by atoms with van der Waals surface area (Å²) in [5.41, 5.74) is 5.27. The number of aldehydes is 1. The van der Waals surface area contributed by atoms with Gasteiger partial charge in [0.2, 0.25) is 0 Å². The third-order valence-corrected chi connectivity index (χ3v) is 3.10. The Labute approximate surface area is 135 Å². The zero-order valence-electron chi connectivity index (χ0n) is 12.3. The van der Waals surface area contributed by atoms with Crippen LogP contribution in [0.3, 0.4) is 0 Å². The molecule has 8 heteroatoms. The lowest BCUT2D eigenvalue weighted by Gasteiger charge is -2.11. The number of amides is 2. The van der Waals surface area contributed by atoms with Crippen molar-refractivity contribution in [2.75, 3.05) is 5.32 Å². The van der Waals surface area contributed by atoms with E-state index in [2.05, 4.69) is 10.3 Å². The van der Waals surface area contributed by atoms with Crippen molar-refractivity contribution < 1.29 is 23.6 Å². The number of carbonyl (C=O) groups excluding carboxylic acids is 4. The van der Waals surface area contributed by atoms with Gasteiger partial charge in [0, 0.05) is 18.2 Å². The Hall–Kier alpha value is -3.42. The normalized spacial score (nSPS) is 10.0. The van der Waals surface area contributed by atoms with Gasteiger partial charge < -0.3 is 11.1 Å². The van der Waals surface area contributed by atoms with Crippen LogP contribution >= 0.6 is 0 Å². The van der Waals surface area contributed by atoms with Crippen LogP contribution in [0.5, 0.6) is 0 Å². The number of rotatable bonds is 6. The van der Waals surface area contributed by atoms with Crippen molar-refractivity contribution >= 4 is 29.7 Å². The van der Waals surface area contributed by atoms with Gasteiger partial charge in [-0.15, -0.1) is 0 Å². The number of anilines is 1. The lowest BCUT2D eigenvalue weighted by molar-refractivity contribution is -0.129. The van der Waals surface area contributed by atoms with Gasteiger partial charge in [0.05, 0.1) is 5.56 Å². The van der Waals surface area contributed by atoms with Crippen molar-refractivity contribution in [2.45, 2.75) is 6.42 Å². The highest BCUT2D eigenvalue weighted by molar-refractivity contribution is 6.26. The van der Waals surface area contributed by atoms with E-state index in [1.807, 2.05) is 0 Å². The summed E-state index contributed by atoms with van der Waals surface area (Å²) in [5, 5.41) is 2.35. The highest BCUT2D eigenvalue weighted by Gasteiger charge is 2.19. The van der Waals surface area contributed by atoms with Crippen LogP contribution < -0.4 is 11.1 Å². The first kappa shape index (κ1) is 16.9. The predicted octanol–water partition coefficient (Wildman–Crippen LogP) is 0.882. The summed E-state index contributed by atoms with van der Waals surface area (Å²) in [4.78, 5) is 49.4. The molecule has 0 aliphatic carbocycles. The Balaban J connectivity index is 2.37. The van der Waals surface area contributed by atoms with Crippen molar-refractivity contribution in [1.82, 2.24) is 4.98 Å². The monoisotopic (exact) mass is 329 g/mol. The predicted molar refractivity (Wildman–Crippen MR) is 81.9 cm³/mol. The molecule has 0 aliphatic heterocycles. The summed E-state index contributed by atoms with van der Waals surface area (Å²) in [6, 6.07) is 6.27. The molecule has 0 spiro atoms. The van der Waals surface area contributed by atoms with Crippen LogP contribution in [0, 0.1) is 5.82 Å². The maximum Gasteiger partial charge on any atom is 0.256 e. The van der Waals surface area contributed by atoms with Crippen molar-refractivity contribution in [3.8, 4) is 0 Å². The molecule has 2 aromatic rings. The Kier molecular flexibility index (Phi) is 5.10. The number of nitrogens with one attached hydrogen (secondary N) is 1. The Morgan fingerprint density at radius 3 is 2.62 bits per heavy atom. The van der Waals surface area contributed by atoms with Crippen LogP contribution in [-0.4, -0.2) is 28.9 Å². The standard InChI is InChI=1S/C16H12FN3O4/c17-11-3-1-2-10(6-11)16(24)20-15-13(14(18)23)9(4-5-19-15)7-12(22)8-21/h1-6,8H,7H2,(H2,18,23)(H,19,20,24). The van der Waals surface area contributed by atoms with Crippen molar-refractivity contribution in [1.29, 1.82) is 0 Å². The van der Waals surface area contributed by atoms with Gasteiger partial charge in [-0.25, -0.2) is 9.37 Å². The molecule has 0 saturated carbocycles. The van der Waals surface area contributed by atoms with Crippen LogP contribution in [0.4, 0.5) is 10.2 Å². The largest absolute Gasteiger partial charge is 0.365 e. The van der Waals surface area contributed by atoms with Gasteiger partial charge in [0.1, 0.15) is 11.6 Å². The fraction of sp³-hybridized carbons (Fsp3) is 0.0625. The molecule has 3 N–H and O–H groups in total. The summed E-state index contributed by atoms with van der Waals surface area (Å²) in [6.45, 7) is 0. The first-order valence-corrected chi connectivity index (χ1v) is 6.75. The minimum atomic E-state index is -0.925. The topological polar surface area (TPSA) is 119 Å². The van der Waals surface area contributed by atoms with E-state index in [1.54, 1.807) is 0 Å². The van der Waals surface area contributed by atoms with E-state index in [-0.39, 0.29) is 35.2 Å². The first-order chi connectivity index (χ1) is 11.4. The molecule has 0 bridgehead atoms. The summed E-state index contributed by atoms with van der Waals surface area (Å²) >= 11 is 0. The molecule has 122 valence electrons. The summed E-state index contributed by atoms with van der Waals surface area (Å²) in [5.74, 6) is -3.16. The van der Waals surface area contributed by atoms with Crippen LogP contribution in [0.2, 0.25) is 0 Å². The third kappa shape index (κ3) is 3.86. The Morgan fingerprint density at radius 2 is 2.00 bits per heavy atom. The molecule has 0 saturated heterocycles. The quantitative estimate of drug-likeness (QED) is 0.602. The molecular formula is C16H12FN3O4. The summed E-state index contributed by atoms with van der Waals surface area (Å²) in [6.07, 6.45) is 1.02. The number of Topliss-reactive ketones (excluding diaryl/α,β-unsaturated/α-hetero) is 1. The van der Waals surface area contributed by atoms with Crippen LogP contribution in [-0.2, 0) is 16.0 Å². The molecule has 0 unspecified atom stereocenters.